The van der Waals surface area contributed by atoms with Gasteiger partial charge in [0.1, 0.15) is 0 Å². The van der Waals surface area contributed by atoms with E-state index in [0.29, 0.717) is 13.0 Å². The molecule has 0 heterocycles. The Bertz CT molecular complexity index is 392. The van der Waals surface area contributed by atoms with Crippen LogP contribution >= 0.6 is 0 Å². The standard InChI is InChI=1S/C15H22N2O2/c1-3-12(2)17-15(19)16-11-14(9-10-18)13-7-5-4-6-8-13/h3-8,12,14,18H,1,9-11H2,2H3,(H2,16,17,19). The van der Waals surface area contributed by atoms with Crippen molar-refractivity contribution in [3.05, 3.63) is 48.6 Å². The van der Waals surface area contributed by atoms with Crippen LogP contribution < -0.4 is 10.6 Å². The second-order valence-electron chi connectivity index (χ2n) is 4.50. The summed E-state index contributed by atoms with van der Waals surface area (Å²) in [5.74, 6) is 0.121. The molecule has 0 aromatic heterocycles. The van der Waals surface area contributed by atoms with Crippen LogP contribution in [0, 0.1) is 0 Å². The van der Waals surface area contributed by atoms with Crippen molar-refractivity contribution in [2.45, 2.75) is 25.3 Å². The van der Waals surface area contributed by atoms with Crippen molar-refractivity contribution in [3.8, 4) is 0 Å². The van der Waals surface area contributed by atoms with Crippen LogP contribution in [0.2, 0.25) is 0 Å². The summed E-state index contributed by atoms with van der Waals surface area (Å²) in [5.41, 5.74) is 1.12. The lowest BCUT2D eigenvalue weighted by Gasteiger charge is -2.18. The predicted octanol–water partition coefficient (Wildman–Crippen LogP) is 2.03. The number of aliphatic hydroxyl groups is 1. The zero-order chi connectivity index (χ0) is 14.1. The molecule has 2 amide bonds. The van der Waals surface area contributed by atoms with Gasteiger partial charge in [-0.2, -0.15) is 0 Å². The van der Waals surface area contributed by atoms with Crippen molar-refractivity contribution in [2.24, 2.45) is 0 Å². The van der Waals surface area contributed by atoms with Gasteiger partial charge in [0.15, 0.2) is 0 Å². The fraction of sp³-hybridized carbons (Fsp3) is 0.400. The Labute approximate surface area is 114 Å². The maximum Gasteiger partial charge on any atom is 0.315 e. The Kier molecular flexibility index (Phi) is 6.68. The van der Waals surface area contributed by atoms with Crippen molar-refractivity contribution >= 4 is 6.03 Å². The summed E-state index contributed by atoms with van der Waals surface area (Å²) in [6, 6.07) is 9.60. The Morgan fingerprint density at radius 1 is 1.42 bits per heavy atom. The van der Waals surface area contributed by atoms with Gasteiger partial charge in [0.25, 0.3) is 0 Å². The molecule has 0 spiro atoms. The van der Waals surface area contributed by atoms with Gasteiger partial charge in [0.05, 0.1) is 0 Å². The highest BCUT2D eigenvalue weighted by Gasteiger charge is 2.12. The van der Waals surface area contributed by atoms with Crippen molar-refractivity contribution in [1.29, 1.82) is 0 Å². The molecule has 4 nitrogen and oxygen atoms in total. The number of carbonyl (C=O) groups excluding carboxylic acids is 1. The molecular formula is C15H22N2O2. The molecule has 0 radical (unpaired) electrons. The lowest BCUT2D eigenvalue weighted by Crippen LogP contribution is -2.41. The molecule has 4 heteroatoms. The number of benzene rings is 1. The number of carbonyl (C=O) groups is 1. The molecule has 0 saturated heterocycles. The molecule has 2 unspecified atom stereocenters. The highest BCUT2D eigenvalue weighted by atomic mass is 16.3. The van der Waals surface area contributed by atoms with Gasteiger partial charge in [-0.05, 0) is 18.9 Å². The van der Waals surface area contributed by atoms with Gasteiger partial charge >= 0.3 is 6.03 Å². The summed E-state index contributed by atoms with van der Waals surface area (Å²) in [5, 5.41) is 14.7. The van der Waals surface area contributed by atoms with Gasteiger partial charge in [0, 0.05) is 25.1 Å². The zero-order valence-corrected chi connectivity index (χ0v) is 11.3. The SMILES string of the molecule is C=CC(C)NC(=O)NCC(CCO)c1ccccc1. The molecule has 0 fully saturated rings. The number of rotatable bonds is 7. The third kappa shape index (κ3) is 5.57. The van der Waals surface area contributed by atoms with Crippen LogP contribution in [-0.4, -0.2) is 30.3 Å². The summed E-state index contributed by atoms with van der Waals surface area (Å²) < 4.78 is 0. The van der Waals surface area contributed by atoms with Gasteiger partial charge < -0.3 is 15.7 Å². The molecule has 1 aromatic carbocycles. The topological polar surface area (TPSA) is 61.4 Å². The van der Waals surface area contributed by atoms with Crippen LogP contribution in [-0.2, 0) is 0 Å². The molecule has 3 N–H and O–H groups in total. The van der Waals surface area contributed by atoms with Crippen molar-refractivity contribution in [2.75, 3.05) is 13.2 Å². The minimum absolute atomic E-state index is 0.0620. The van der Waals surface area contributed by atoms with Gasteiger partial charge in [-0.3, -0.25) is 0 Å². The number of aliphatic hydroxyl groups excluding tert-OH is 1. The van der Waals surface area contributed by atoms with Crippen molar-refractivity contribution in [3.63, 3.8) is 0 Å². The predicted molar refractivity (Wildman–Crippen MR) is 77.1 cm³/mol. The first-order chi connectivity index (χ1) is 9.17. The number of hydrogen-bond acceptors (Lipinski definition) is 2. The number of hydrogen-bond donors (Lipinski definition) is 3. The fourth-order valence-electron chi connectivity index (χ4n) is 1.80. The van der Waals surface area contributed by atoms with E-state index in [1.54, 1.807) is 6.08 Å². The summed E-state index contributed by atoms with van der Waals surface area (Å²) in [7, 11) is 0. The maximum atomic E-state index is 11.6. The van der Waals surface area contributed by atoms with Crippen molar-refractivity contribution < 1.29 is 9.90 Å². The molecule has 0 bridgehead atoms. The molecule has 0 aliphatic carbocycles. The van der Waals surface area contributed by atoms with E-state index in [0.717, 1.165) is 5.56 Å². The highest BCUT2D eigenvalue weighted by Crippen LogP contribution is 2.17. The molecule has 2 atom stereocenters. The summed E-state index contributed by atoms with van der Waals surface area (Å²) in [6.07, 6.45) is 2.29. The molecule has 0 aliphatic rings. The van der Waals surface area contributed by atoms with E-state index in [4.69, 9.17) is 5.11 Å². The van der Waals surface area contributed by atoms with E-state index in [-0.39, 0.29) is 24.6 Å². The van der Waals surface area contributed by atoms with Gasteiger partial charge in [-0.25, -0.2) is 4.79 Å². The zero-order valence-electron chi connectivity index (χ0n) is 11.3. The Hall–Kier alpha value is -1.81. The van der Waals surface area contributed by atoms with Gasteiger partial charge in [-0.15, -0.1) is 6.58 Å². The Morgan fingerprint density at radius 2 is 2.11 bits per heavy atom. The maximum absolute atomic E-state index is 11.6. The first kappa shape index (κ1) is 15.2. The molecule has 0 saturated carbocycles. The lowest BCUT2D eigenvalue weighted by molar-refractivity contribution is 0.236. The first-order valence-electron chi connectivity index (χ1n) is 6.50. The third-order valence-electron chi connectivity index (χ3n) is 2.97. The Morgan fingerprint density at radius 3 is 2.68 bits per heavy atom. The largest absolute Gasteiger partial charge is 0.396 e. The quantitative estimate of drug-likeness (QED) is 0.658. The van der Waals surface area contributed by atoms with Crippen LogP contribution in [0.15, 0.2) is 43.0 Å². The average molecular weight is 262 g/mol. The van der Waals surface area contributed by atoms with E-state index >= 15 is 0 Å². The number of nitrogens with one attached hydrogen (secondary N) is 2. The van der Waals surface area contributed by atoms with Crippen LogP contribution in [0.4, 0.5) is 4.79 Å². The van der Waals surface area contributed by atoms with E-state index < -0.39 is 0 Å². The molecular weight excluding hydrogens is 240 g/mol. The molecule has 104 valence electrons. The number of urea groups is 1. The minimum atomic E-state index is -0.216. The van der Waals surface area contributed by atoms with Crippen LogP contribution in [0.5, 0.6) is 0 Å². The average Bonchev–Trinajstić information content (AvgIpc) is 2.44. The minimum Gasteiger partial charge on any atom is -0.396 e. The number of amides is 2. The second-order valence-corrected chi connectivity index (χ2v) is 4.50. The van der Waals surface area contributed by atoms with E-state index in [2.05, 4.69) is 17.2 Å². The second kappa shape index (κ2) is 8.32. The van der Waals surface area contributed by atoms with Crippen LogP contribution in [0.3, 0.4) is 0 Å². The fourth-order valence-corrected chi connectivity index (χ4v) is 1.80. The van der Waals surface area contributed by atoms with E-state index in [1.165, 1.54) is 0 Å². The van der Waals surface area contributed by atoms with Crippen LogP contribution in [0.1, 0.15) is 24.8 Å². The van der Waals surface area contributed by atoms with E-state index in [9.17, 15) is 4.79 Å². The monoisotopic (exact) mass is 262 g/mol. The molecule has 0 aliphatic heterocycles. The third-order valence-corrected chi connectivity index (χ3v) is 2.97. The van der Waals surface area contributed by atoms with Crippen molar-refractivity contribution in [1.82, 2.24) is 10.6 Å². The summed E-state index contributed by atoms with van der Waals surface area (Å²) in [4.78, 5) is 11.6. The molecule has 1 rings (SSSR count). The smallest absolute Gasteiger partial charge is 0.315 e. The van der Waals surface area contributed by atoms with E-state index in [1.807, 2.05) is 37.3 Å². The summed E-state index contributed by atoms with van der Waals surface area (Å²) in [6.45, 7) is 6.07. The van der Waals surface area contributed by atoms with Gasteiger partial charge in [-0.1, -0.05) is 36.4 Å². The normalized spacial score (nSPS) is 13.4. The van der Waals surface area contributed by atoms with Crippen LogP contribution in [0.25, 0.3) is 0 Å². The Balaban J connectivity index is 2.51. The molecule has 1 aromatic rings. The summed E-state index contributed by atoms with van der Waals surface area (Å²) >= 11 is 0. The lowest BCUT2D eigenvalue weighted by atomic mass is 9.96. The van der Waals surface area contributed by atoms with Gasteiger partial charge in [0.2, 0.25) is 0 Å². The first-order valence-corrected chi connectivity index (χ1v) is 6.50. The molecule has 19 heavy (non-hydrogen) atoms. The highest BCUT2D eigenvalue weighted by molar-refractivity contribution is 5.74.